The molecule has 1 heterocycles. The SMILES string of the molecule is C=C1C=NC=N/C1=N/C=C(/C)N. The zero-order valence-corrected chi connectivity index (χ0v) is 6.86. The predicted octanol–water partition coefficient (Wildman–Crippen LogP) is 0.874. The molecule has 0 bridgehead atoms. The van der Waals surface area contributed by atoms with E-state index >= 15 is 0 Å². The molecule has 0 fully saturated rings. The molecule has 1 rings (SSSR count). The van der Waals surface area contributed by atoms with Crippen LogP contribution in [0.15, 0.2) is 39.0 Å². The summed E-state index contributed by atoms with van der Waals surface area (Å²) in [5, 5.41) is 0. The molecule has 4 nitrogen and oxygen atoms in total. The summed E-state index contributed by atoms with van der Waals surface area (Å²) in [6, 6.07) is 0. The van der Waals surface area contributed by atoms with Gasteiger partial charge >= 0.3 is 0 Å². The minimum atomic E-state index is 0.551. The van der Waals surface area contributed by atoms with Crippen LogP contribution in [0.2, 0.25) is 0 Å². The average molecular weight is 162 g/mol. The van der Waals surface area contributed by atoms with E-state index in [1.165, 1.54) is 12.5 Å². The van der Waals surface area contributed by atoms with Crippen molar-refractivity contribution in [1.29, 1.82) is 0 Å². The minimum Gasteiger partial charge on any atom is -0.401 e. The number of nitrogens with two attached hydrogens (primary N) is 1. The Labute approximate surface area is 70.9 Å². The second-order valence-electron chi connectivity index (χ2n) is 2.37. The fourth-order valence-corrected chi connectivity index (χ4v) is 0.631. The maximum Gasteiger partial charge on any atom is 0.161 e. The van der Waals surface area contributed by atoms with Crippen molar-refractivity contribution in [3.63, 3.8) is 0 Å². The lowest BCUT2D eigenvalue weighted by Gasteiger charge is -2.00. The Bertz CT molecular complexity index is 303. The third kappa shape index (κ3) is 2.16. The topological polar surface area (TPSA) is 63.1 Å². The van der Waals surface area contributed by atoms with Gasteiger partial charge in [0.05, 0.1) is 0 Å². The molecule has 0 unspecified atom stereocenters. The molecule has 0 amide bonds. The highest BCUT2D eigenvalue weighted by atomic mass is 15.0. The summed E-state index contributed by atoms with van der Waals surface area (Å²) >= 11 is 0. The van der Waals surface area contributed by atoms with Crippen LogP contribution in [-0.4, -0.2) is 18.4 Å². The summed E-state index contributed by atoms with van der Waals surface area (Å²) in [6.07, 6.45) is 4.57. The molecular formula is C8H10N4. The van der Waals surface area contributed by atoms with Crippen molar-refractivity contribution in [3.05, 3.63) is 24.0 Å². The van der Waals surface area contributed by atoms with Crippen LogP contribution in [0.3, 0.4) is 0 Å². The van der Waals surface area contributed by atoms with Gasteiger partial charge in [0.1, 0.15) is 6.34 Å². The number of amidine groups is 1. The second-order valence-corrected chi connectivity index (χ2v) is 2.37. The lowest BCUT2D eigenvalue weighted by atomic mass is 10.3. The molecule has 1 aliphatic heterocycles. The van der Waals surface area contributed by atoms with Crippen LogP contribution in [0.25, 0.3) is 0 Å². The molecular weight excluding hydrogens is 152 g/mol. The Hall–Kier alpha value is -1.71. The van der Waals surface area contributed by atoms with Gasteiger partial charge < -0.3 is 5.73 Å². The second kappa shape index (κ2) is 3.61. The Morgan fingerprint density at radius 1 is 1.75 bits per heavy atom. The van der Waals surface area contributed by atoms with Crippen molar-refractivity contribution in [1.82, 2.24) is 0 Å². The first-order chi connectivity index (χ1) is 5.70. The smallest absolute Gasteiger partial charge is 0.161 e. The normalized spacial score (nSPS) is 20.6. The third-order valence-corrected chi connectivity index (χ3v) is 1.15. The van der Waals surface area contributed by atoms with Crippen molar-refractivity contribution in [2.24, 2.45) is 20.7 Å². The summed E-state index contributed by atoms with van der Waals surface area (Å²) in [6.45, 7) is 5.47. The molecule has 0 aromatic rings. The zero-order valence-electron chi connectivity index (χ0n) is 6.86. The van der Waals surface area contributed by atoms with Gasteiger partial charge in [0.25, 0.3) is 0 Å². The van der Waals surface area contributed by atoms with E-state index in [9.17, 15) is 0 Å². The van der Waals surface area contributed by atoms with Crippen LogP contribution in [-0.2, 0) is 0 Å². The van der Waals surface area contributed by atoms with Gasteiger partial charge in [-0.3, -0.25) is 0 Å². The monoisotopic (exact) mass is 162 g/mol. The van der Waals surface area contributed by atoms with E-state index in [1.807, 2.05) is 0 Å². The average Bonchev–Trinajstić information content (AvgIpc) is 2.03. The Balaban J connectivity index is 2.83. The van der Waals surface area contributed by atoms with E-state index in [2.05, 4.69) is 21.6 Å². The lowest BCUT2D eigenvalue weighted by molar-refractivity contribution is 1.27. The summed E-state index contributed by atoms with van der Waals surface area (Å²) in [5.41, 5.74) is 6.72. The van der Waals surface area contributed by atoms with E-state index < -0.39 is 0 Å². The quantitative estimate of drug-likeness (QED) is 0.611. The van der Waals surface area contributed by atoms with Crippen molar-refractivity contribution in [2.75, 3.05) is 0 Å². The summed E-state index contributed by atoms with van der Waals surface area (Å²) in [5.74, 6) is 0.551. The number of rotatable bonds is 1. The third-order valence-electron chi connectivity index (χ3n) is 1.15. The maximum absolute atomic E-state index is 5.39. The fraction of sp³-hybridized carbons (Fsp3) is 0.125. The molecule has 0 saturated carbocycles. The molecule has 1 aliphatic rings. The molecule has 0 radical (unpaired) electrons. The van der Waals surface area contributed by atoms with Gasteiger partial charge in [0.2, 0.25) is 0 Å². The minimum absolute atomic E-state index is 0.551. The van der Waals surface area contributed by atoms with Crippen molar-refractivity contribution in [2.45, 2.75) is 6.92 Å². The van der Waals surface area contributed by atoms with E-state index in [0.29, 0.717) is 17.1 Å². The van der Waals surface area contributed by atoms with Gasteiger partial charge in [-0.15, -0.1) is 0 Å². The summed E-state index contributed by atoms with van der Waals surface area (Å²) in [4.78, 5) is 11.7. The first-order valence-corrected chi connectivity index (χ1v) is 3.45. The van der Waals surface area contributed by atoms with E-state index in [4.69, 9.17) is 5.73 Å². The number of aliphatic imine (C=N–C) groups is 3. The molecule has 0 atom stereocenters. The highest BCUT2D eigenvalue weighted by molar-refractivity contribution is 6.20. The zero-order chi connectivity index (χ0) is 8.97. The molecule has 12 heavy (non-hydrogen) atoms. The summed E-state index contributed by atoms with van der Waals surface area (Å²) < 4.78 is 0. The molecule has 0 saturated heterocycles. The van der Waals surface area contributed by atoms with Gasteiger partial charge in [-0.2, -0.15) is 0 Å². The maximum atomic E-state index is 5.39. The van der Waals surface area contributed by atoms with Crippen LogP contribution >= 0.6 is 0 Å². The fourth-order valence-electron chi connectivity index (χ4n) is 0.631. The van der Waals surface area contributed by atoms with Crippen LogP contribution in [0.5, 0.6) is 0 Å². The number of allylic oxidation sites excluding steroid dienone is 1. The van der Waals surface area contributed by atoms with Crippen LogP contribution < -0.4 is 5.73 Å². The number of nitrogens with zero attached hydrogens (tertiary/aromatic N) is 3. The van der Waals surface area contributed by atoms with Gasteiger partial charge in [0.15, 0.2) is 5.84 Å². The van der Waals surface area contributed by atoms with Crippen LogP contribution in [0, 0.1) is 0 Å². The van der Waals surface area contributed by atoms with Gasteiger partial charge in [-0.1, -0.05) is 6.58 Å². The first kappa shape index (κ1) is 8.39. The van der Waals surface area contributed by atoms with Gasteiger partial charge in [-0.05, 0) is 6.92 Å². The van der Waals surface area contributed by atoms with E-state index in [-0.39, 0.29) is 0 Å². The van der Waals surface area contributed by atoms with Crippen LogP contribution in [0.4, 0.5) is 0 Å². The van der Waals surface area contributed by atoms with Crippen molar-refractivity contribution in [3.8, 4) is 0 Å². The predicted molar refractivity (Wildman–Crippen MR) is 51.5 cm³/mol. The van der Waals surface area contributed by atoms with Crippen molar-refractivity contribution < 1.29 is 0 Å². The molecule has 0 aromatic carbocycles. The van der Waals surface area contributed by atoms with Crippen molar-refractivity contribution >= 4 is 18.4 Å². The standard InChI is InChI=1S/C8H10N4/c1-6-3-10-5-12-8(6)11-4-7(2)9/h3-5H,1,9H2,2H3/b7-4-,11-8+. The van der Waals surface area contributed by atoms with E-state index in [0.717, 1.165) is 0 Å². The largest absolute Gasteiger partial charge is 0.401 e. The summed E-state index contributed by atoms with van der Waals surface area (Å²) in [7, 11) is 0. The molecule has 0 aromatic heterocycles. The first-order valence-electron chi connectivity index (χ1n) is 3.45. The van der Waals surface area contributed by atoms with Gasteiger partial charge in [0, 0.05) is 23.7 Å². The highest BCUT2D eigenvalue weighted by Gasteiger charge is 2.01. The van der Waals surface area contributed by atoms with Gasteiger partial charge in [-0.25, -0.2) is 15.0 Å². The van der Waals surface area contributed by atoms with Crippen LogP contribution in [0.1, 0.15) is 6.92 Å². The highest BCUT2D eigenvalue weighted by Crippen LogP contribution is 1.99. The lowest BCUT2D eigenvalue weighted by Crippen LogP contribution is -2.04. The Morgan fingerprint density at radius 3 is 3.08 bits per heavy atom. The molecule has 0 aliphatic carbocycles. The Morgan fingerprint density at radius 2 is 2.50 bits per heavy atom. The Kier molecular flexibility index (Phi) is 2.53. The van der Waals surface area contributed by atoms with E-state index in [1.54, 1.807) is 13.1 Å². The molecule has 4 heteroatoms. The molecule has 0 spiro atoms. The number of hydrogen-bond acceptors (Lipinski definition) is 3. The molecule has 2 N–H and O–H groups in total. The molecule has 62 valence electrons. The number of hydrogen-bond donors (Lipinski definition) is 1.